The number of hydrogen-bond donors (Lipinski definition) is 2. The second-order valence-corrected chi connectivity index (χ2v) is 3.47. The van der Waals surface area contributed by atoms with Crippen LogP contribution in [0.1, 0.15) is 27.2 Å². The van der Waals surface area contributed by atoms with Crippen molar-refractivity contribution in [3.8, 4) is 0 Å². The van der Waals surface area contributed by atoms with Crippen molar-refractivity contribution in [3.05, 3.63) is 0 Å². The highest BCUT2D eigenvalue weighted by atomic mass is 16.5. The number of rotatable bonds is 3. The van der Waals surface area contributed by atoms with E-state index in [4.69, 9.17) is 4.74 Å². The van der Waals surface area contributed by atoms with E-state index in [1.807, 2.05) is 0 Å². The molecule has 1 heterocycles. The third-order valence-corrected chi connectivity index (χ3v) is 2.17. The summed E-state index contributed by atoms with van der Waals surface area (Å²) in [5, 5.41) is 0. The van der Waals surface area contributed by atoms with Crippen molar-refractivity contribution < 1.29 is 4.74 Å². The zero-order valence-corrected chi connectivity index (χ0v) is 7.61. The summed E-state index contributed by atoms with van der Waals surface area (Å²) in [7, 11) is 0. The van der Waals surface area contributed by atoms with E-state index in [1.165, 1.54) is 0 Å². The van der Waals surface area contributed by atoms with Crippen molar-refractivity contribution >= 4 is 0 Å². The Kier molecular flexibility index (Phi) is 2.87. The van der Waals surface area contributed by atoms with Crippen molar-refractivity contribution in [2.45, 2.75) is 38.8 Å². The first kappa shape index (κ1) is 8.97. The van der Waals surface area contributed by atoms with Crippen molar-refractivity contribution in [1.82, 2.24) is 10.9 Å². The van der Waals surface area contributed by atoms with Gasteiger partial charge >= 0.3 is 0 Å². The summed E-state index contributed by atoms with van der Waals surface area (Å²) in [6.45, 7) is 8.14. The van der Waals surface area contributed by atoms with Crippen LogP contribution in [0.15, 0.2) is 0 Å². The molecule has 0 aromatic carbocycles. The molecule has 0 saturated carbocycles. The lowest BCUT2D eigenvalue weighted by Crippen LogP contribution is -2.49. The third-order valence-electron chi connectivity index (χ3n) is 2.17. The van der Waals surface area contributed by atoms with Gasteiger partial charge in [-0.2, -0.15) is 0 Å². The highest BCUT2D eigenvalue weighted by Crippen LogP contribution is 2.24. The van der Waals surface area contributed by atoms with Crippen LogP contribution in [0.2, 0.25) is 0 Å². The van der Waals surface area contributed by atoms with Crippen molar-refractivity contribution in [2.75, 3.05) is 13.2 Å². The number of hydrogen-bond acceptors (Lipinski definition) is 3. The summed E-state index contributed by atoms with van der Waals surface area (Å²) in [6, 6.07) is 0.447. The fourth-order valence-electron chi connectivity index (χ4n) is 1.36. The first-order valence-corrected chi connectivity index (χ1v) is 4.29. The molecule has 0 aliphatic carbocycles. The molecular formula is C8H18N2O. The molecule has 1 rings (SSSR count). The van der Waals surface area contributed by atoms with E-state index in [2.05, 4.69) is 31.6 Å². The van der Waals surface area contributed by atoms with Crippen molar-refractivity contribution in [2.24, 2.45) is 0 Å². The molecule has 11 heavy (non-hydrogen) atoms. The van der Waals surface area contributed by atoms with Gasteiger partial charge in [-0.15, -0.1) is 0 Å². The molecular weight excluding hydrogens is 140 g/mol. The average molecular weight is 158 g/mol. The van der Waals surface area contributed by atoms with Crippen LogP contribution in [-0.2, 0) is 4.74 Å². The van der Waals surface area contributed by atoms with Crippen LogP contribution < -0.4 is 10.9 Å². The molecule has 0 radical (unpaired) electrons. The van der Waals surface area contributed by atoms with E-state index in [0.717, 1.165) is 19.6 Å². The molecule has 3 heteroatoms. The van der Waals surface area contributed by atoms with E-state index in [-0.39, 0.29) is 5.60 Å². The maximum Gasteiger partial charge on any atom is 0.0793 e. The van der Waals surface area contributed by atoms with Crippen LogP contribution in [0.3, 0.4) is 0 Å². The zero-order chi connectivity index (χ0) is 8.32. The summed E-state index contributed by atoms with van der Waals surface area (Å²) >= 11 is 0. The smallest absolute Gasteiger partial charge is 0.0793 e. The third kappa shape index (κ3) is 2.15. The number of nitrogens with one attached hydrogen (secondary N) is 2. The minimum Gasteiger partial charge on any atom is -0.374 e. The van der Waals surface area contributed by atoms with Crippen LogP contribution in [0, 0.1) is 0 Å². The van der Waals surface area contributed by atoms with Crippen LogP contribution in [0.4, 0.5) is 0 Å². The van der Waals surface area contributed by atoms with E-state index in [1.54, 1.807) is 0 Å². The predicted molar refractivity (Wildman–Crippen MR) is 45.2 cm³/mol. The number of ether oxygens (including phenoxy) is 1. The summed E-state index contributed by atoms with van der Waals surface area (Å²) in [6.07, 6.45) is 1.10. The molecule has 1 fully saturated rings. The Balaban J connectivity index is 2.32. The largest absolute Gasteiger partial charge is 0.374 e. The Morgan fingerprint density at radius 1 is 1.55 bits per heavy atom. The van der Waals surface area contributed by atoms with Crippen LogP contribution in [-0.4, -0.2) is 24.8 Å². The minimum atomic E-state index is -0.0117. The van der Waals surface area contributed by atoms with Gasteiger partial charge in [-0.3, -0.25) is 10.9 Å². The fraction of sp³-hybridized carbons (Fsp3) is 1.00. The molecule has 0 aromatic rings. The number of hydrazine groups is 1. The molecule has 1 saturated heterocycles. The van der Waals surface area contributed by atoms with E-state index < -0.39 is 0 Å². The predicted octanol–water partition coefficient (Wildman–Crippen LogP) is 0.668. The highest BCUT2D eigenvalue weighted by molar-refractivity contribution is 4.89. The Hall–Kier alpha value is -0.120. The average Bonchev–Trinajstić information content (AvgIpc) is 2.25. The maximum absolute atomic E-state index is 5.55. The van der Waals surface area contributed by atoms with E-state index in [0.29, 0.717) is 6.04 Å². The fourth-order valence-corrected chi connectivity index (χ4v) is 1.36. The van der Waals surface area contributed by atoms with Gasteiger partial charge < -0.3 is 4.74 Å². The molecule has 2 N–H and O–H groups in total. The maximum atomic E-state index is 5.55. The van der Waals surface area contributed by atoms with Crippen molar-refractivity contribution in [3.63, 3.8) is 0 Å². The Bertz CT molecular complexity index is 125. The molecule has 1 aliphatic rings. The first-order valence-electron chi connectivity index (χ1n) is 4.29. The standard InChI is InChI=1S/C8H18N2O/c1-4-9-10-7-5-6-11-8(7,2)3/h7,9-10H,4-6H2,1-3H3. The minimum absolute atomic E-state index is 0.0117. The second kappa shape index (κ2) is 3.52. The Morgan fingerprint density at radius 2 is 2.27 bits per heavy atom. The van der Waals surface area contributed by atoms with E-state index >= 15 is 0 Å². The first-order chi connectivity index (χ1) is 5.17. The van der Waals surface area contributed by atoms with Gasteiger partial charge in [0.2, 0.25) is 0 Å². The second-order valence-electron chi connectivity index (χ2n) is 3.47. The topological polar surface area (TPSA) is 33.3 Å². The molecule has 0 spiro atoms. The van der Waals surface area contributed by atoms with Gasteiger partial charge in [0.15, 0.2) is 0 Å². The SMILES string of the molecule is CCNNC1CCOC1(C)C. The summed E-state index contributed by atoms with van der Waals surface area (Å²) in [5.41, 5.74) is 6.35. The molecule has 1 aliphatic heterocycles. The van der Waals surface area contributed by atoms with Crippen LogP contribution >= 0.6 is 0 Å². The van der Waals surface area contributed by atoms with Gasteiger partial charge in [0.05, 0.1) is 11.6 Å². The molecule has 0 aromatic heterocycles. The molecule has 0 amide bonds. The van der Waals surface area contributed by atoms with Gasteiger partial charge in [0, 0.05) is 13.2 Å². The summed E-state index contributed by atoms with van der Waals surface area (Å²) in [5.74, 6) is 0. The van der Waals surface area contributed by atoms with Crippen LogP contribution in [0.25, 0.3) is 0 Å². The lowest BCUT2D eigenvalue weighted by Gasteiger charge is -2.26. The van der Waals surface area contributed by atoms with Gasteiger partial charge in [0.25, 0.3) is 0 Å². The molecule has 3 nitrogen and oxygen atoms in total. The summed E-state index contributed by atoms with van der Waals surface area (Å²) in [4.78, 5) is 0. The van der Waals surface area contributed by atoms with Gasteiger partial charge in [-0.25, -0.2) is 0 Å². The van der Waals surface area contributed by atoms with Gasteiger partial charge in [-0.05, 0) is 20.3 Å². The van der Waals surface area contributed by atoms with Crippen molar-refractivity contribution in [1.29, 1.82) is 0 Å². The summed E-state index contributed by atoms with van der Waals surface area (Å²) < 4.78 is 5.55. The molecule has 0 bridgehead atoms. The van der Waals surface area contributed by atoms with Crippen LogP contribution in [0.5, 0.6) is 0 Å². The lowest BCUT2D eigenvalue weighted by atomic mass is 10.0. The van der Waals surface area contributed by atoms with E-state index in [9.17, 15) is 0 Å². The highest BCUT2D eigenvalue weighted by Gasteiger charge is 2.35. The van der Waals surface area contributed by atoms with Gasteiger partial charge in [0.1, 0.15) is 0 Å². The Labute approximate surface area is 68.5 Å². The molecule has 66 valence electrons. The molecule has 1 atom stereocenters. The Morgan fingerprint density at radius 3 is 2.73 bits per heavy atom. The monoisotopic (exact) mass is 158 g/mol. The van der Waals surface area contributed by atoms with Gasteiger partial charge in [-0.1, -0.05) is 6.92 Å². The molecule has 1 unspecified atom stereocenters. The lowest BCUT2D eigenvalue weighted by molar-refractivity contribution is 0.0191. The normalized spacial score (nSPS) is 29.2. The zero-order valence-electron chi connectivity index (χ0n) is 7.61. The quantitative estimate of drug-likeness (QED) is 0.592.